The van der Waals surface area contributed by atoms with Gasteiger partial charge >= 0.3 is 0 Å². The van der Waals surface area contributed by atoms with E-state index in [4.69, 9.17) is 11.6 Å². The molecule has 1 aromatic heterocycles. The predicted molar refractivity (Wildman–Crippen MR) is 94.8 cm³/mol. The number of carbonyl (C=O) groups is 2. The van der Waals surface area contributed by atoms with Crippen LogP contribution in [0.5, 0.6) is 0 Å². The van der Waals surface area contributed by atoms with Crippen LogP contribution >= 0.6 is 11.6 Å². The smallest absolute Gasteiger partial charge is 0.274 e. The number of ketones is 2. The second kappa shape index (κ2) is 6.33. The lowest BCUT2D eigenvalue weighted by Gasteiger charge is -2.35. The molecule has 2 heterocycles. The molecule has 1 N–H and O–H groups in total. The van der Waals surface area contributed by atoms with Gasteiger partial charge in [0, 0.05) is 17.2 Å². The van der Waals surface area contributed by atoms with Gasteiger partial charge in [-0.3, -0.25) is 14.5 Å². The minimum atomic E-state index is -0.273. The van der Waals surface area contributed by atoms with Crippen molar-refractivity contribution in [3.05, 3.63) is 70.5 Å². The number of nitrogens with one attached hydrogen (secondary N) is 1. The maximum absolute atomic E-state index is 12.9. The first-order valence-electron chi connectivity index (χ1n) is 8.21. The van der Waals surface area contributed by atoms with E-state index < -0.39 is 0 Å². The fourth-order valence-electron chi connectivity index (χ4n) is 3.37. The van der Waals surface area contributed by atoms with Gasteiger partial charge in [-0.2, -0.15) is 0 Å². The van der Waals surface area contributed by atoms with Gasteiger partial charge in [-0.1, -0.05) is 41.9 Å². The summed E-state index contributed by atoms with van der Waals surface area (Å²) in [5.41, 5.74) is 1.16. The van der Waals surface area contributed by atoms with E-state index in [1.54, 1.807) is 24.3 Å². The van der Waals surface area contributed by atoms with Crippen molar-refractivity contribution in [3.8, 4) is 0 Å². The SMILES string of the molecule is O=C1C(Cl)=C(N2CCN(c3cccc[nH+]3)CC2)C(=O)c2ccccc21. The summed E-state index contributed by atoms with van der Waals surface area (Å²) in [6.45, 7) is 2.76. The van der Waals surface area contributed by atoms with Crippen molar-refractivity contribution in [2.24, 2.45) is 0 Å². The molecular weight excluding hydrogens is 338 g/mol. The summed E-state index contributed by atoms with van der Waals surface area (Å²) < 4.78 is 0. The van der Waals surface area contributed by atoms with Crippen molar-refractivity contribution in [2.75, 3.05) is 31.1 Å². The molecule has 126 valence electrons. The van der Waals surface area contributed by atoms with Crippen LogP contribution < -0.4 is 9.88 Å². The number of Topliss-reactive ketones (excluding diaryl/α,β-unsaturated/α-hetero) is 2. The summed E-state index contributed by atoms with van der Waals surface area (Å²) in [7, 11) is 0. The summed E-state index contributed by atoms with van der Waals surface area (Å²) >= 11 is 6.29. The highest BCUT2D eigenvalue weighted by Crippen LogP contribution is 2.31. The molecule has 1 fully saturated rings. The van der Waals surface area contributed by atoms with Gasteiger partial charge in [0.2, 0.25) is 11.6 Å². The highest BCUT2D eigenvalue weighted by Gasteiger charge is 2.36. The molecule has 6 heteroatoms. The Kier molecular flexibility index (Phi) is 4.01. The van der Waals surface area contributed by atoms with E-state index >= 15 is 0 Å². The number of hydrogen-bond acceptors (Lipinski definition) is 4. The summed E-state index contributed by atoms with van der Waals surface area (Å²) in [6, 6.07) is 12.8. The molecule has 2 aliphatic rings. The lowest BCUT2D eigenvalue weighted by molar-refractivity contribution is -0.364. The Balaban J connectivity index is 1.58. The number of fused-ring (bicyclic) bond motifs is 1. The molecule has 4 rings (SSSR count). The van der Waals surface area contributed by atoms with Gasteiger partial charge in [0.05, 0.1) is 19.3 Å². The zero-order valence-electron chi connectivity index (χ0n) is 13.5. The van der Waals surface area contributed by atoms with E-state index in [1.165, 1.54) is 0 Å². The average Bonchev–Trinajstić information content (AvgIpc) is 2.68. The molecule has 1 aromatic carbocycles. The van der Waals surface area contributed by atoms with Crippen molar-refractivity contribution in [3.63, 3.8) is 0 Å². The summed E-state index contributed by atoms with van der Waals surface area (Å²) in [5.74, 6) is 0.601. The second-order valence-electron chi connectivity index (χ2n) is 6.09. The van der Waals surface area contributed by atoms with Crippen molar-refractivity contribution >= 4 is 29.0 Å². The fraction of sp³-hybridized carbons (Fsp3) is 0.211. The Morgan fingerprint density at radius 2 is 1.40 bits per heavy atom. The van der Waals surface area contributed by atoms with Gasteiger partial charge < -0.3 is 4.90 Å². The Morgan fingerprint density at radius 1 is 0.800 bits per heavy atom. The summed E-state index contributed by atoms with van der Waals surface area (Å²) in [6.07, 6.45) is 1.89. The predicted octanol–water partition coefficient (Wildman–Crippen LogP) is 2.15. The number of hydrogen-bond donors (Lipinski definition) is 0. The molecule has 0 radical (unpaired) electrons. The fourth-order valence-corrected chi connectivity index (χ4v) is 3.67. The Bertz CT molecular complexity index is 871. The van der Waals surface area contributed by atoms with Gasteiger partial charge in [0.1, 0.15) is 23.8 Å². The molecule has 1 saturated heterocycles. The van der Waals surface area contributed by atoms with E-state index in [9.17, 15) is 9.59 Å². The van der Waals surface area contributed by atoms with Crippen molar-refractivity contribution in [2.45, 2.75) is 0 Å². The number of H-pyrrole nitrogens is 1. The molecule has 5 nitrogen and oxygen atoms in total. The van der Waals surface area contributed by atoms with Gasteiger partial charge in [-0.15, -0.1) is 0 Å². The molecule has 0 spiro atoms. The maximum Gasteiger partial charge on any atom is 0.274 e. The lowest BCUT2D eigenvalue weighted by atomic mass is 9.91. The Labute approximate surface area is 150 Å². The highest BCUT2D eigenvalue weighted by molar-refractivity contribution is 6.49. The van der Waals surface area contributed by atoms with E-state index in [2.05, 4.69) is 9.88 Å². The molecule has 0 saturated carbocycles. The largest absolute Gasteiger partial charge is 0.359 e. The highest BCUT2D eigenvalue weighted by atomic mass is 35.5. The minimum absolute atomic E-state index is 0.0309. The van der Waals surface area contributed by atoms with Gasteiger partial charge in [-0.05, 0) is 6.07 Å². The van der Waals surface area contributed by atoms with Crippen LogP contribution in [0.25, 0.3) is 0 Å². The van der Waals surface area contributed by atoms with Gasteiger partial charge in [0.25, 0.3) is 5.82 Å². The zero-order chi connectivity index (χ0) is 17.4. The van der Waals surface area contributed by atoms with Crippen LogP contribution in [-0.4, -0.2) is 42.6 Å². The van der Waals surface area contributed by atoms with Gasteiger partial charge in [0.15, 0.2) is 0 Å². The molecule has 1 aliphatic carbocycles. The van der Waals surface area contributed by atoms with Crippen LogP contribution in [0.2, 0.25) is 0 Å². The number of aromatic amines is 1. The average molecular weight is 355 g/mol. The van der Waals surface area contributed by atoms with Crippen LogP contribution in [0.1, 0.15) is 20.7 Å². The molecule has 0 amide bonds. The molecule has 0 unspecified atom stereocenters. The van der Waals surface area contributed by atoms with Crippen LogP contribution in [0.3, 0.4) is 0 Å². The number of allylic oxidation sites excluding steroid dienone is 2. The monoisotopic (exact) mass is 354 g/mol. The van der Waals surface area contributed by atoms with Crippen LogP contribution in [-0.2, 0) is 0 Å². The number of nitrogens with zero attached hydrogens (tertiary/aromatic N) is 2. The van der Waals surface area contributed by atoms with Gasteiger partial charge in [-0.25, -0.2) is 4.98 Å². The van der Waals surface area contributed by atoms with E-state index in [0.29, 0.717) is 29.9 Å². The minimum Gasteiger partial charge on any atom is -0.359 e. The normalized spacial score (nSPS) is 17.8. The number of carbonyl (C=O) groups excluding carboxylic acids is 2. The molecule has 0 bridgehead atoms. The number of aromatic nitrogens is 1. The van der Waals surface area contributed by atoms with E-state index in [1.807, 2.05) is 29.3 Å². The van der Waals surface area contributed by atoms with Crippen LogP contribution in [0.15, 0.2) is 59.4 Å². The molecule has 25 heavy (non-hydrogen) atoms. The van der Waals surface area contributed by atoms with Crippen molar-refractivity contribution < 1.29 is 14.6 Å². The third-order valence-electron chi connectivity index (χ3n) is 4.67. The lowest BCUT2D eigenvalue weighted by Crippen LogP contribution is -2.49. The zero-order valence-corrected chi connectivity index (χ0v) is 14.3. The summed E-state index contributed by atoms with van der Waals surface area (Å²) in [4.78, 5) is 32.7. The van der Waals surface area contributed by atoms with Crippen LogP contribution in [0, 0.1) is 0 Å². The number of anilines is 1. The maximum atomic E-state index is 12.9. The molecule has 1 aliphatic heterocycles. The quantitative estimate of drug-likeness (QED) is 0.829. The van der Waals surface area contributed by atoms with Crippen LogP contribution in [0.4, 0.5) is 5.82 Å². The molecule has 2 aromatic rings. The number of pyridine rings is 1. The van der Waals surface area contributed by atoms with E-state index in [0.717, 1.165) is 18.9 Å². The number of benzene rings is 1. The third kappa shape index (κ3) is 2.70. The van der Waals surface area contributed by atoms with Crippen molar-refractivity contribution in [1.82, 2.24) is 4.90 Å². The first-order valence-corrected chi connectivity index (χ1v) is 8.59. The van der Waals surface area contributed by atoms with E-state index in [-0.39, 0.29) is 16.6 Å². The standard InChI is InChI=1S/C19H16ClN3O2/c20-16-17(19(25)14-6-2-1-5-13(14)18(16)24)23-11-9-22(10-12-23)15-7-3-4-8-21-15/h1-8H,9-12H2/p+1. The number of halogens is 1. The molecule has 0 atom stereocenters. The Morgan fingerprint density at radius 3 is 2.04 bits per heavy atom. The Hall–Kier alpha value is -2.66. The molecular formula is C19H17ClN3O2+. The number of rotatable bonds is 2. The summed E-state index contributed by atoms with van der Waals surface area (Å²) in [5, 5.41) is 0.0309. The first-order chi connectivity index (χ1) is 12.2. The topological polar surface area (TPSA) is 54.8 Å². The third-order valence-corrected chi connectivity index (χ3v) is 5.02. The van der Waals surface area contributed by atoms with Crippen molar-refractivity contribution in [1.29, 1.82) is 0 Å². The second-order valence-corrected chi connectivity index (χ2v) is 6.47. The first kappa shape index (κ1) is 15.8. The number of piperazine rings is 1.